The first-order valence-corrected chi connectivity index (χ1v) is 12.0. The monoisotopic (exact) mass is 477 g/mol. The third-order valence-corrected chi connectivity index (χ3v) is 6.60. The maximum atomic E-state index is 12.8. The van der Waals surface area contributed by atoms with Gasteiger partial charge in [0.25, 0.3) is 11.8 Å². The molecule has 2 aliphatic rings. The fraction of sp³-hybridized carbons (Fsp3) is 0.370. The molecule has 1 fully saturated rings. The minimum absolute atomic E-state index is 0.0105. The van der Waals surface area contributed by atoms with Crippen LogP contribution in [0.25, 0.3) is 0 Å². The molecule has 1 aliphatic carbocycles. The molecule has 3 N–H and O–H groups in total. The summed E-state index contributed by atoms with van der Waals surface area (Å²) >= 11 is 0. The summed E-state index contributed by atoms with van der Waals surface area (Å²) < 4.78 is 5.14. The van der Waals surface area contributed by atoms with E-state index in [1.807, 2.05) is 48.5 Å². The van der Waals surface area contributed by atoms with Crippen molar-refractivity contribution in [2.45, 2.75) is 44.2 Å². The Morgan fingerprint density at radius 3 is 2.31 bits per heavy atom. The number of aliphatic hydroxyl groups excluding tert-OH is 1. The summed E-state index contributed by atoms with van der Waals surface area (Å²) in [6.07, 6.45) is 3.08. The van der Waals surface area contributed by atoms with Crippen LogP contribution in [0.3, 0.4) is 0 Å². The molecule has 2 aromatic carbocycles. The van der Waals surface area contributed by atoms with Crippen molar-refractivity contribution in [1.82, 2.24) is 15.5 Å². The highest BCUT2D eigenvalue weighted by molar-refractivity contribution is 6.07. The number of aliphatic hydroxyl groups is 1. The second kappa shape index (κ2) is 11.6. The SMILES string of the molecule is O=C(NCCN1CC(C(=O)NC2CCC(c3ccccc3)CC2)=C(O)C1=O)OCc1ccccc1. The molecule has 0 bridgehead atoms. The van der Waals surface area contributed by atoms with Crippen molar-refractivity contribution in [1.29, 1.82) is 0 Å². The number of hydrogen-bond donors (Lipinski definition) is 3. The van der Waals surface area contributed by atoms with Crippen LogP contribution in [0, 0.1) is 0 Å². The highest BCUT2D eigenvalue weighted by atomic mass is 16.5. The number of nitrogens with one attached hydrogen (secondary N) is 2. The van der Waals surface area contributed by atoms with E-state index in [9.17, 15) is 19.5 Å². The van der Waals surface area contributed by atoms with Gasteiger partial charge in [0.1, 0.15) is 6.61 Å². The fourth-order valence-corrected chi connectivity index (χ4v) is 4.61. The van der Waals surface area contributed by atoms with Crippen molar-refractivity contribution in [2.75, 3.05) is 19.6 Å². The molecule has 1 heterocycles. The van der Waals surface area contributed by atoms with Crippen LogP contribution in [0.1, 0.15) is 42.7 Å². The molecule has 3 amide bonds. The molecular weight excluding hydrogens is 446 g/mol. The standard InChI is InChI=1S/C27H31N3O5/c31-24-23(25(32)29-22-13-11-21(12-14-22)20-9-5-2-6-10-20)17-30(26(24)33)16-15-28-27(34)35-18-19-7-3-1-4-8-19/h1-10,21-22,31H,11-18H2,(H,28,34)(H,29,32). The average molecular weight is 478 g/mol. The van der Waals surface area contributed by atoms with Crippen LogP contribution in [0.4, 0.5) is 4.79 Å². The van der Waals surface area contributed by atoms with Crippen LogP contribution in [-0.2, 0) is 20.9 Å². The number of benzene rings is 2. The number of alkyl carbamates (subject to hydrolysis) is 1. The summed E-state index contributed by atoms with van der Waals surface area (Å²) in [4.78, 5) is 38.4. The normalized spacial score (nSPS) is 20.0. The maximum absolute atomic E-state index is 12.8. The molecule has 1 saturated carbocycles. The first kappa shape index (κ1) is 24.3. The highest BCUT2D eigenvalue weighted by Crippen LogP contribution is 2.33. The Labute approximate surface area is 205 Å². The van der Waals surface area contributed by atoms with E-state index in [1.54, 1.807) is 0 Å². The van der Waals surface area contributed by atoms with Gasteiger partial charge in [0.2, 0.25) is 0 Å². The Morgan fingerprint density at radius 1 is 0.971 bits per heavy atom. The number of carbonyl (C=O) groups excluding carboxylic acids is 3. The maximum Gasteiger partial charge on any atom is 0.407 e. The molecule has 184 valence electrons. The lowest BCUT2D eigenvalue weighted by Crippen LogP contribution is -2.40. The van der Waals surface area contributed by atoms with Crippen molar-refractivity contribution >= 4 is 17.9 Å². The molecule has 0 aromatic heterocycles. The third-order valence-electron chi connectivity index (χ3n) is 6.60. The van der Waals surface area contributed by atoms with Crippen molar-refractivity contribution in [3.8, 4) is 0 Å². The quantitative estimate of drug-likeness (QED) is 0.540. The summed E-state index contributed by atoms with van der Waals surface area (Å²) in [5, 5.41) is 15.8. The molecule has 0 radical (unpaired) electrons. The van der Waals surface area contributed by atoms with Crippen LogP contribution in [0.5, 0.6) is 0 Å². The molecule has 0 unspecified atom stereocenters. The predicted octanol–water partition coefficient (Wildman–Crippen LogP) is 3.41. The van der Waals surface area contributed by atoms with E-state index in [1.165, 1.54) is 10.5 Å². The van der Waals surface area contributed by atoms with Crippen LogP contribution >= 0.6 is 0 Å². The van der Waals surface area contributed by atoms with Gasteiger partial charge in [-0.1, -0.05) is 60.7 Å². The van der Waals surface area contributed by atoms with E-state index >= 15 is 0 Å². The van der Waals surface area contributed by atoms with Crippen molar-refractivity contribution in [2.24, 2.45) is 0 Å². The van der Waals surface area contributed by atoms with Gasteiger partial charge in [-0.2, -0.15) is 0 Å². The topological polar surface area (TPSA) is 108 Å². The van der Waals surface area contributed by atoms with E-state index in [0.717, 1.165) is 31.2 Å². The van der Waals surface area contributed by atoms with Gasteiger partial charge in [-0.15, -0.1) is 0 Å². The van der Waals surface area contributed by atoms with Gasteiger partial charge >= 0.3 is 6.09 Å². The first-order valence-electron chi connectivity index (χ1n) is 12.0. The van der Waals surface area contributed by atoms with Gasteiger partial charge < -0.3 is 25.4 Å². The summed E-state index contributed by atoms with van der Waals surface area (Å²) in [5.74, 6) is -1.04. The largest absolute Gasteiger partial charge is 0.503 e. The Morgan fingerprint density at radius 2 is 1.63 bits per heavy atom. The number of hydrogen-bond acceptors (Lipinski definition) is 5. The molecule has 8 heteroatoms. The van der Waals surface area contributed by atoms with Crippen LogP contribution in [-0.4, -0.2) is 53.6 Å². The van der Waals surface area contributed by atoms with E-state index in [2.05, 4.69) is 22.8 Å². The summed E-state index contributed by atoms with van der Waals surface area (Å²) in [7, 11) is 0. The second-order valence-corrected chi connectivity index (χ2v) is 8.98. The molecule has 2 aromatic rings. The lowest BCUT2D eigenvalue weighted by Gasteiger charge is -2.29. The minimum atomic E-state index is -0.609. The lowest BCUT2D eigenvalue weighted by atomic mass is 9.82. The molecule has 8 nitrogen and oxygen atoms in total. The van der Waals surface area contributed by atoms with Crippen molar-refractivity contribution < 1.29 is 24.2 Å². The number of nitrogens with zero attached hydrogens (tertiary/aromatic N) is 1. The van der Waals surface area contributed by atoms with E-state index in [0.29, 0.717) is 5.92 Å². The molecule has 4 rings (SSSR count). The number of rotatable bonds is 8. The molecule has 35 heavy (non-hydrogen) atoms. The van der Waals surface area contributed by atoms with Gasteiger partial charge in [0, 0.05) is 19.1 Å². The number of carbonyl (C=O) groups is 3. The van der Waals surface area contributed by atoms with Gasteiger partial charge in [0.05, 0.1) is 12.1 Å². The predicted molar refractivity (Wildman–Crippen MR) is 130 cm³/mol. The van der Waals surface area contributed by atoms with E-state index in [4.69, 9.17) is 4.74 Å². The number of ether oxygens (including phenoxy) is 1. The summed E-state index contributed by atoms with van der Waals surface area (Å²) in [6.45, 7) is 0.458. The highest BCUT2D eigenvalue weighted by Gasteiger charge is 2.35. The first-order chi connectivity index (χ1) is 17.0. The van der Waals surface area contributed by atoms with Gasteiger partial charge in [-0.25, -0.2) is 4.79 Å². The molecule has 0 atom stereocenters. The Bertz CT molecular complexity index is 1060. The molecule has 1 aliphatic heterocycles. The Balaban J connectivity index is 1.18. The Hall–Kier alpha value is -3.81. The second-order valence-electron chi connectivity index (χ2n) is 8.98. The van der Waals surface area contributed by atoms with Crippen molar-refractivity contribution in [3.05, 3.63) is 83.1 Å². The zero-order valence-corrected chi connectivity index (χ0v) is 19.6. The third kappa shape index (κ3) is 6.41. The van der Waals surface area contributed by atoms with E-state index in [-0.39, 0.29) is 37.9 Å². The van der Waals surface area contributed by atoms with Crippen LogP contribution < -0.4 is 10.6 Å². The smallest absolute Gasteiger partial charge is 0.407 e. The molecule has 0 saturated heterocycles. The lowest BCUT2D eigenvalue weighted by molar-refractivity contribution is -0.127. The zero-order chi connectivity index (χ0) is 24.6. The van der Waals surface area contributed by atoms with Crippen LogP contribution in [0.15, 0.2) is 72.0 Å². The zero-order valence-electron chi connectivity index (χ0n) is 19.6. The minimum Gasteiger partial charge on any atom is -0.503 e. The average Bonchev–Trinajstić information content (AvgIpc) is 3.18. The van der Waals surface area contributed by atoms with E-state index < -0.39 is 23.7 Å². The van der Waals surface area contributed by atoms with Crippen molar-refractivity contribution in [3.63, 3.8) is 0 Å². The molecule has 0 spiro atoms. The van der Waals surface area contributed by atoms with Gasteiger partial charge in [-0.05, 0) is 42.7 Å². The van der Waals surface area contributed by atoms with Gasteiger partial charge in [0.15, 0.2) is 5.76 Å². The molecular formula is C27H31N3O5. The Kier molecular flexibility index (Phi) is 8.03. The fourth-order valence-electron chi connectivity index (χ4n) is 4.61. The van der Waals surface area contributed by atoms with Gasteiger partial charge in [-0.3, -0.25) is 9.59 Å². The van der Waals surface area contributed by atoms with Crippen LogP contribution in [0.2, 0.25) is 0 Å². The summed E-state index contributed by atoms with van der Waals surface area (Å²) in [5.41, 5.74) is 2.27. The summed E-state index contributed by atoms with van der Waals surface area (Å²) in [6, 6.07) is 19.7. The number of amides is 3.